The van der Waals surface area contributed by atoms with Gasteiger partial charge in [0.25, 0.3) is 0 Å². The van der Waals surface area contributed by atoms with Gasteiger partial charge in [-0.1, -0.05) is 30.6 Å². The molecule has 0 bridgehead atoms. The third-order valence-electron chi connectivity index (χ3n) is 3.25. The lowest BCUT2D eigenvalue weighted by Crippen LogP contribution is -1.97. The van der Waals surface area contributed by atoms with E-state index in [2.05, 4.69) is 19.0 Å². The Morgan fingerprint density at radius 1 is 1.47 bits per heavy atom. The summed E-state index contributed by atoms with van der Waals surface area (Å²) in [5.74, 6) is 1.24. The van der Waals surface area contributed by atoms with Crippen molar-refractivity contribution in [2.45, 2.75) is 26.2 Å². The van der Waals surface area contributed by atoms with Gasteiger partial charge in [0.2, 0.25) is 5.88 Å². The van der Waals surface area contributed by atoms with Crippen LogP contribution in [0.1, 0.15) is 31.9 Å². The van der Waals surface area contributed by atoms with Crippen molar-refractivity contribution >= 4 is 17.5 Å². The molecule has 5 heteroatoms. The molecule has 2 rings (SSSR count). The van der Waals surface area contributed by atoms with Gasteiger partial charge in [-0.2, -0.15) is 0 Å². The first-order chi connectivity index (χ1) is 9.08. The Labute approximate surface area is 117 Å². The zero-order valence-corrected chi connectivity index (χ0v) is 12.0. The highest BCUT2D eigenvalue weighted by molar-refractivity contribution is 6.31. The summed E-state index contributed by atoms with van der Waals surface area (Å²) in [5, 5.41) is 4.69. The molecule has 0 spiro atoms. The fourth-order valence-corrected chi connectivity index (χ4v) is 2.16. The molecule has 0 aliphatic carbocycles. The maximum Gasteiger partial charge on any atom is 0.230 e. The number of hydrogen-bond acceptors (Lipinski definition) is 4. The predicted molar refractivity (Wildman–Crippen MR) is 76.6 cm³/mol. The molecule has 0 saturated heterocycles. The lowest BCUT2D eigenvalue weighted by Gasteiger charge is -2.11. The predicted octanol–water partition coefficient (Wildman–Crippen LogP) is 4.10. The molecule has 0 aliphatic rings. The van der Waals surface area contributed by atoms with E-state index in [0.29, 0.717) is 10.8 Å². The number of ether oxygens (including phenoxy) is 1. The summed E-state index contributed by atoms with van der Waals surface area (Å²) in [6.07, 6.45) is 0.946. The molecule has 1 aromatic carbocycles. The first-order valence-electron chi connectivity index (χ1n) is 6.17. The van der Waals surface area contributed by atoms with Crippen LogP contribution in [0.15, 0.2) is 22.7 Å². The summed E-state index contributed by atoms with van der Waals surface area (Å²) in [6.45, 7) is 4.17. The van der Waals surface area contributed by atoms with Crippen molar-refractivity contribution in [1.82, 2.24) is 5.16 Å². The summed E-state index contributed by atoms with van der Waals surface area (Å²) in [7, 11) is 1.61. The molecule has 0 radical (unpaired) electrons. The molecule has 1 aromatic heterocycles. The second-order valence-electron chi connectivity index (χ2n) is 4.46. The standard InChI is InChI=1S/C14H17ClN2O2/c1-4-8(2)13-12(14(16)19-17-13)10-7-9(15)5-6-11(10)18-3/h5-8H,4,16H2,1-3H3. The molecule has 0 saturated carbocycles. The van der Waals surface area contributed by atoms with Gasteiger partial charge >= 0.3 is 0 Å². The maximum absolute atomic E-state index is 6.06. The molecule has 0 amide bonds. The second-order valence-corrected chi connectivity index (χ2v) is 4.90. The van der Waals surface area contributed by atoms with E-state index in [4.69, 9.17) is 26.6 Å². The number of anilines is 1. The Kier molecular flexibility index (Phi) is 4.00. The minimum absolute atomic E-state index is 0.250. The largest absolute Gasteiger partial charge is 0.496 e. The van der Waals surface area contributed by atoms with Crippen molar-refractivity contribution in [2.24, 2.45) is 0 Å². The van der Waals surface area contributed by atoms with E-state index in [1.807, 2.05) is 12.1 Å². The Balaban J connectivity index is 2.64. The van der Waals surface area contributed by atoms with Gasteiger partial charge in [-0.3, -0.25) is 0 Å². The highest BCUT2D eigenvalue weighted by Gasteiger charge is 2.22. The van der Waals surface area contributed by atoms with Crippen LogP contribution in [0.25, 0.3) is 11.1 Å². The number of nitrogens with zero attached hydrogens (tertiary/aromatic N) is 1. The summed E-state index contributed by atoms with van der Waals surface area (Å²) < 4.78 is 10.5. The molecule has 2 aromatic rings. The van der Waals surface area contributed by atoms with Crippen molar-refractivity contribution in [3.8, 4) is 16.9 Å². The Morgan fingerprint density at radius 2 is 2.21 bits per heavy atom. The summed E-state index contributed by atoms with van der Waals surface area (Å²) in [5.41, 5.74) is 8.33. The minimum Gasteiger partial charge on any atom is -0.496 e. The molecule has 19 heavy (non-hydrogen) atoms. The number of methoxy groups -OCH3 is 1. The molecule has 4 nitrogen and oxygen atoms in total. The van der Waals surface area contributed by atoms with Crippen molar-refractivity contribution in [2.75, 3.05) is 12.8 Å². The smallest absolute Gasteiger partial charge is 0.230 e. The second kappa shape index (κ2) is 5.53. The van der Waals surface area contributed by atoms with E-state index in [-0.39, 0.29) is 11.8 Å². The highest BCUT2D eigenvalue weighted by Crippen LogP contribution is 2.40. The van der Waals surface area contributed by atoms with Gasteiger partial charge in [0, 0.05) is 16.5 Å². The molecular weight excluding hydrogens is 264 g/mol. The third kappa shape index (κ3) is 2.54. The third-order valence-corrected chi connectivity index (χ3v) is 3.49. The van der Waals surface area contributed by atoms with Crippen LogP contribution in [0, 0.1) is 0 Å². The fourth-order valence-electron chi connectivity index (χ4n) is 1.99. The van der Waals surface area contributed by atoms with E-state index in [9.17, 15) is 0 Å². The fraction of sp³-hybridized carbons (Fsp3) is 0.357. The normalized spacial score (nSPS) is 12.4. The first-order valence-corrected chi connectivity index (χ1v) is 6.55. The van der Waals surface area contributed by atoms with Gasteiger partial charge in [-0.25, -0.2) is 0 Å². The van der Waals surface area contributed by atoms with E-state index in [1.54, 1.807) is 13.2 Å². The lowest BCUT2D eigenvalue weighted by molar-refractivity contribution is 0.416. The molecule has 0 fully saturated rings. The Bertz CT molecular complexity index is 581. The van der Waals surface area contributed by atoms with Crippen molar-refractivity contribution < 1.29 is 9.26 Å². The first kappa shape index (κ1) is 13.7. The van der Waals surface area contributed by atoms with E-state index < -0.39 is 0 Å². The van der Waals surface area contributed by atoms with Crippen molar-refractivity contribution in [1.29, 1.82) is 0 Å². The molecule has 2 N–H and O–H groups in total. The zero-order valence-electron chi connectivity index (χ0n) is 11.2. The molecule has 1 unspecified atom stereocenters. The van der Waals surface area contributed by atoms with Crippen LogP contribution in [0.2, 0.25) is 5.02 Å². The lowest BCUT2D eigenvalue weighted by atomic mass is 9.96. The van der Waals surface area contributed by atoms with Crippen LogP contribution < -0.4 is 10.5 Å². The number of nitrogens with two attached hydrogens (primary N) is 1. The summed E-state index contributed by atoms with van der Waals surface area (Å²) >= 11 is 6.06. The molecular formula is C14H17ClN2O2. The van der Waals surface area contributed by atoms with Crippen LogP contribution in [0.4, 0.5) is 5.88 Å². The topological polar surface area (TPSA) is 61.3 Å². The SMILES string of the molecule is CCC(C)c1noc(N)c1-c1cc(Cl)ccc1OC. The number of aromatic nitrogens is 1. The monoisotopic (exact) mass is 280 g/mol. The molecule has 0 aliphatic heterocycles. The van der Waals surface area contributed by atoms with Gasteiger partial charge in [0.15, 0.2) is 0 Å². The van der Waals surface area contributed by atoms with Crippen molar-refractivity contribution in [3.63, 3.8) is 0 Å². The van der Waals surface area contributed by atoms with Gasteiger partial charge < -0.3 is 15.0 Å². The minimum atomic E-state index is 0.250. The number of hydrogen-bond donors (Lipinski definition) is 1. The molecule has 102 valence electrons. The van der Waals surface area contributed by atoms with Gasteiger partial charge in [-0.15, -0.1) is 0 Å². The van der Waals surface area contributed by atoms with Crippen LogP contribution >= 0.6 is 11.6 Å². The van der Waals surface area contributed by atoms with E-state index in [1.165, 1.54) is 0 Å². The zero-order chi connectivity index (χ0) is 14.0. The Hall–Kier alpha value is -1.68. The highest BCUT2D eigenvalue weighted by atomic mass is 35.5. The summed E-state index contributed by atoms with van der Waals surface area (Å²) in [4.78, 5) is 0. The van der Waals surface area contributed by atoms with Crippen LogP contribution in [-0.2, 0) is 0 Å². The average Bonchev–Trinajstić information content (AvgIpc) is 2.79. The van der Waals surface area contributed by atoms with Crippen molar-refractivity contribution in [3.05, 3.63) is 28.9 Å². The molecule has 1 heterocycles. The average molecular weight is 281 g/mol. The Morgan fingerprint density at radius 3 is 2.84 bits per heavy atom. The van der Waals surface area contributed by atoms with Crippen LogP contribution in [0.3, 0.4) is 0 Å². The maximum atomic E-state index is 6.06. The van der Waals surface area contributed by atoms with Crippen LogP contribution in [-0.4, -0.2) is 12.3 Å². The van der Waals surface area contributed by atoms with Gasteiger partial charge in [0.05, 0.1) is 18.4 Å². The van der Waals surface area contributed by atoms with Crippen LogP contribution in [0.5, 0.6) is 5.75 Å². The quantitative estimate of drug-likeness (QED) is 0.916. The molecule has 1 atom stereocenters. The number of halogens is 1. The number of nitrogen functional groups attached to an aromatic ring is 1. The van der Waals surface area contributed by atoms with Gasteiger partial charge in [-0.05, 0) is 24.6 Å². The van der Waals surface area contributed by atoms with E-state index in [0.717, 1.165) is 23.2 Å². The van der Waals surface area contributed by atoms with Gasteiger partial charge in [0.1, 0.15) is 5.75 Å². The summed E-state index contributed by atoms with van der Waals surface area (Å²) in [6, 6.07) is 5.40. The number of rotatable bonds is 4. The van der Waals surface area contributed by atoms with E-state index >= 15 is 0 Å². The number of benzene rings is 1.